The van der Waals surface area contributed by atoms with Crippen molar-refractivity contribution in [1.29, 1.82) is 0 Å². The molecule has 1 atom stereocenters. The number of hydrogen-bond donors (Lipinski definition) is 1. The fraction of sp³-hybridized carbons (Fsp3) is 0.625. The summed E-state index contributed by atoms with van der Waals surface area (Å²) in [5.74, 6) is 0. The fourth-order valence-corrected chi connectivity index (χ4v) is 1.15. The number of aliphatic hydroxyl groups is 1. The highest BCUT2D eigenvalue weighted by molar-refractivity contribution is 5.04. The SMILES string of the molecule is CCCn1cncc1C(O)C(F)(F)F. The minimum Gasteiger partial charge on any atom is -0.378 e. The van der Waals surface area contributed by atoms with E-state index in [1.54, 1.807) is 0 Å². The van der Waals surface area contributed by atoms with Crippen molar-refractivity contribution >= 4 is 0 Å². The van der Waals surface area contributed by atoms with Crippen molar-refractivity contribution in [3.05, 3.63) is 18.2 Å². The summed E-state index contributed by atoms with van der Waals surface area (Å²) < 4.78 is 37.7. The molecule has 14 heavy (non-hydrogen) atoms. The van der Waals surface area contributed by atoms with Gasteiger partial charge < -0.3 is 9.67 Å². The molecule has 3 nitrogen and oxygen atoms in total. The smallest absolute Gasteiger partial charge is 0.378 e. The zero-order valence-electron chi connectivity index (χ0n) is 7.62. The third-order valence-corrected chi connectivity index (χ3v) is 1.80. The van der Waals surface area contributed by atoms with E-state index in [1.165, 1.54) is 10.9 Å². The molecule has 0 saturated heterocycles. The van der Waals surface area contributed by atoms with Gasteiger partial charge in [-0.2, -0.15) is 13.2 Å². The monoisotopic (exact) mass is 208 g/mol. The maximum absolute atomic E-state index is 12.1. The van der Waals surface area contributed by atoms with Gasteiger partial charge in [-0.05, 0) is 6.42 Å². The molecule has 0 bridgehead atoms. The van der Waals surface area contributed by atoms with Crippen molar-refractivity contribution in [2.75, 3.05) is 0 Å². The lowest BCUT2D eigenvalue weighted by molar-refractivity contribution is -0.208. The van der Waals surface area contributed by atoms with Crippen LogP contribution in [0.4, 0.5) is 13.2 Å². The highest BCUT2D eigenvalue weighted by Crippen LogP contribution is 2.32. The van der Waals surface area contributed by atoms with Gasteiger partial charge in [0.15, 0.2) is 6.10 Å². The van der Waals surface area contributed by atoms with Crippen molar-refractivity contribution in [2.45, 2.75) is 32.2 Å². The van der Waals surface area contributed by atoms with E-state index in [1.807, 2.05) is 6.92 Å². The minimum atomic E-state index is -4.63. The van der Waals surface area contributed by atoms with Crippen LogP contribution in [0.3, 0.4) is 0 Å². The standard InChI is InChI=1S/C8H11F3N2O/c1-2-3-13-5-12-4-6(13)7(14)8(9,10)11/h4-5,7,14H,2-3H2,1H3. The number of alkyl halides is 3. The van der Waals surface area contributed by atoms with Crippen molar-refractivity contribution in [3.8, 4) is 0 Å². The average molecular weight is 208 g/mol. The van der Waals surface area contributed by atoms with Crippen LogP contribution < -0.4 is 0 Å². The van der Waals surface area contributed by atoms with Crippen molar-refractivity contribution in [3.63, 3.8) is 0 Å². The summed E-state index contributed by atoms with van der Waals surface area (Å²) >= 11 is 0. The van der Waals surface area contributed by atoms with E-state index in [0.717, 1.165) is 6.20 Å². The lowest BCUT2D eigenvalue weighted by atomic mass is 10.2. The van der Waals surface area contributed by atoms with E-state index in [4.69, 9.17) is 5.11 Å². The third-order valence-electron chi connectivity index (χ3n) is 1.80. The molecule has 0 aliphatic heterocycles. The van der Waals surface area contributed by atoms with Gasteiger partial charge in [-0.3, -0.25) is 0 Å². The Kier molecular flexibility index (Phi) is 3.15. The molecule has 0 amide bonds. The van der Waals surface area contributed by atoms with E-state index in [9.17, 15) is 13.2 Å². The van der Waals surface area contributed by atoms with E-state index in [2.05, 4.69) is 4.98 Å². The molecule has 1 aromatic rings. The Labute approximate surface area is 79.2 Å². The lowest BCUT2D eigenvalue weighted by Gasteiger charge is -2.15. The predicted molar refractivity (Wildman–Crippen MR) is 43.5 cm³/mol. The van der Waals surface area contributed by atoms with Gasteiger partial charge in [-0.25, -0.2) is 4.98 Å². The average Bonchev–Trinajstić information content (AvgIpc) is 2.50. The molecule has 1 rings (SSSR count). The van der Waals surface area contributed by atoms with Crippen LogP contribution in [0.5, 0.6) is 0 Å². The number of imidazole rings is 1. The number of aliphatic hydroxyl groups excluding tert-OH is 1. The Hall–Kier alpha value is -1.04. The minimum absolute atomic E-state index is 0.209. The van der Waals surface area contributed by atoms with E-state index < -0.39 is 12.3 Å². The molecule has 0 aliphatic rings. The van der Waals surface area contributed by atoms with Crippen LogP contribution in [0.1, 0.15) is 25.1 Å². The van der Waals surface area contributed by atoms with Crippen LogP contribution in [0.15, 0.2) is 12.5 Å². The Bertz CT molecular complexity index is 295. The zero-order valence-corrected chi connectivity index (χ0v) is 7.62. The lowest BCUT2D eigenvalue weighted by Crippen LogP contribution is -2.22. The topological polar surface area (TPSA) is 38.0 Å². The Morgan fingerprint density at radius 3 is 2.71 bits per heavy atom. The molecule has 1 N–H and O–H groups in total. The first-order valence-electron chi connectivity index (χ1n) is 4.21. The summed E-state index contributed by atoms with van der Waals surface area (Å²) in [5.41, 5.74) is -0.209. The maximum Gasteiger partial charge on any atom is 0.420 e. The summed E-state index contributed by atoms with van der Waals surface area (Å²) in [6.45, 7) is 2.26. The normalized spacial score (nSPS) is 14.4. The molecule has 0 spiro atoms. The molecule has 0 fully saturated rings. The van der Waals surface area contributed by atoms with Crippen LogP contribution in [-0.4, -0.2) is 20.8 Å². The molecule has 0 aromatic carbocycles. The molecular formula is C8H11F3N2O. The van der Waals surface area contributed by atoms with Crippen molar-refractivity contribution in [2.24, 2.45) is 0 Å². The highest BCUT2D eigenvalue weighted by atomic mass is 19.4. The van der Waals surface area contributed by atoms with Gasteiger partial charge in [0.1, 0.15) is 0 Å². The Morgan fingerprint density at radius 2 is 2.21 bits per heavy atom. The second-order valence-electron chi connectivity index (χ2n) is 2.96. The number of hydrogen-bond acceptors (Lipinski definition) is 2. The van der Waals surface area contributed by atoms with Gasteiger partial charge in [-0.15, -0.1) is 0 Å². The zero-order chi connectivity index (χ0) is 10.8. The molecule has 0 saturated carbocycles. The van der Waals surface area contributed by atoms with E-state index in [-0.39, 0.29) is 5.69 Å². The van der Waals surface area contributed by atoms with Gasteiger partial charge in [0, 0.05) is 6.54 Å². The molecule has 1 aromatic heterocycles. The molecule has 0 aliphatic carbocycles. The van der Waals surface area contributed by atoms with E-state index >= 15 is 0 Å². The number of nitrogens with zero attached hydrogens (tertiary/aromatic N) is 2. The molecular weight excluding hydrogens is 197 g/mol. The largest absolute Gasteiger partial charge is 0.420 e. The number of rotatable bonds is 3. The quantitative estimate of drug-likeness (QED) is 0.823. The molecule has 1 heterocycles. The van der Waals surface area contributed by atoms with Crippen LogP contribution in [0.2, 0.25) is 0 Å². The predicted octanol–water partition coefficient (Wildman–Crippen LogP) is 1.89. The first-order chi connectivity index (χ1) is 6.46. The van der Waals surface area contributed by atoms with Crippen LogP contribution in [0, 0.1) is 0 Å². The third kappa shape index (κ3) is 2.25. The summed E-state index contributed by atoms with van der Waals surface area (Å²) in [7, 11) is 0. The van der Waals surface area contributed by atoms with Crippen LogP contribution in [0.25, 0.3) is 0 Å². The number of aryl methyl sites for hydroxylation is 1. The summed E-state index contributed by atoms with van der Waals surface area (Å²) in [6.07, 6.45) is -4.07. The molecule has 6 heteroatoms. The first-order valence-corrected chi connectivity index (χ1v) is 4.21. The highest BCUT2D eigenvalue weighted by Gasteiger charge is 2.41. The summed E-state index contributed by atoms with van der Waals surface area (Å²) in [5, 5.41) is 8.97. The van der Waals surface area contributed by atoms with Gasteiger partial charge in [-0.1, -0.05) is 6.92 Å². The van der Waals surface area contributed by atoms with Crippen molar-refractivity contribution in [1.82, 2.24) is 9.55 Å². The fourth-order valence-electron chi connectivity index (χ4n) is 1.15. The number of aromatic nitrogens is 2. The van der Waals surface area contributed by atoms with Gasteiger partial charge in [0.25, 0.3) is 0 Å². The molecule has 1 unspecified atom stereocenters. The van der Waals surface area contributed by atoms with E-state index in [0.29, 0.717) is 13.0 Å². The second-order valence-corrected chi connectivity index (χ2v) is 2.96. The van der Waals surface area contributed by atoms with Gasteiger partial charge in [0.05, 0.1) is 18.2 Å². The van der Waals surface area contributed by atoms with Gasteiger partial charge in [0.2, 0.25) is 0 Å². The Balaban J connectivity index is 2.89. The van der Waals surface area contributed by atoms with Crippen LogP contribution in [-0.2, 0) is 6.54 Å². The van der Waals surface area contributed by atoms with Gasteiger partial charge >= 0.3 is 6.18 Å². The molecule has 80 valence electrons. The summed E-state index contributed by atoms with van der Waals surface area (Å²) in [6, 6.07) is 0. The number of halogens is 3. The first kappa shape index (κ1) is 11.0. The summed E-state index contributed by atoms with van der Waals surface area (Å²) in [4.78, 5) is 3.58. The second kappa shape index (κ2) is 4.00. The maximum atomic E-state index is 12.1. The van der Waals surface area contributed by atoms with Crippen LogP contribution >= 0.6 is 0 Å². The molecule has 0 radical (unpaired) electrons. The Morgan fingerprint density at radius 1 is 1.57 bits per heavy atom. The van der Waals surface area contributed by atoms with Crippen molar-refractivity contribution < 1.29 is 18.3 Å².